The van der Waals surface area contributed by atoms with Crippen LogP contribution >= 0.6 is 0 Å². The maximum Gasteiger partial charge on any atom is 0.269 e. The molecule has 0 aliphatic heterocycles. The second-order valence-electron chi connectivity index (χ2n) is 4.81. The molecule has 0 unspecified atom stereocenters. The number of aromatic nitrogens is 2. The number of benzene rings is 1. The highest BCUT2D eigenvalue weighted by molar-refractivity contribution is 5.92. The van der Waals surface area contributed by atoms with Crippen LogP contribution in [0.4, 0.5) is 0 Å². The highest BCUT2D eigenvalue weighted by Gasteiger charge is 2.12. The molecule has 0 radical (unpaired) electrons. The summed E-state index contributed by atoms with van der Waals surface area (Å²) in [5.74, 6) is 1.17. The lowest BCUT2D eigenvalue weighted by molar-refractivity contribution is 0.0940. The summed E-state index contributed by atoms with van der Waals surface area (Å²) in [5, 5.41) is 7.04. The smallest absolute Gasteiger partial charge is 0.269 e. The van der Waals surface area contributed by atoms with E-state index in [0.29, 0.717) is 23.7 Å². The molecule has 6 heteroatoms. The minimum atomic E-state index is -0.138. The van der Waals surface area contributed by atoms with Crippen LogP contribution in [0.2, 0.25) is 0 Å². The van der Waals surface area contributed by atoms with Crippen LogP contribution in [0.3, 0.4) is 0 Å². The van der Waals surface area contributed by atoms with Crippen molar-refractivity contribution in [1.82, 2.24) is 15.1 Å². The number of methoxy groups -OCH3 is 2. The lowest BCUT2D eigenvalue weighted by atomic mass is 10.2. The monoisotopic (exact) mass is 303 g/mol. The van der Waals surface area contributed by atoms with Crippen molar-refractivity contribution >= 4 is 5.91 Å². The molecule has 0 atom stereocenters. The second kappa shape index (κ2) is 7.49. The van der Waals surface area contributed by atoms with Crippen molar-refractivity contribution < 1.29 is 14.3 Å². The van der Waals surface area contributed by atoms with Crippen LogP contribution in [0, 0.1) is 0 Å². The number of carbonyl (C=O) groups excluding carboxylic acids is 1. The Morgan fingerprint density at radius 2 is 2.00 bits per heavy atom. The van der Waals surface area contributed by atoms with Gasteiger partial charge < -0.3 is 14.8 Å². The Bertz CT molecular complexity index is 637. The fraction of sp³-hybridized carbons (Fsp3) is 0.375. The van der Waals surface area contributed by atoms with Gasteiger partial charge in [0.05, 0.1) is 14.2 Å². The number of carbonyl (C=O) groups is 1. The number of aryl methyl sites for hydroxylation is 1. The first-order valence-electron chi connectivity index (χ1n) is 7.20. The first-order chi connectivity index (χ1) is 10.7. The summed E-state index contributed by atoms with van der Waals surface area (Å²) >= 11 is 0. The largest absolute Gasteiger partial charge is 0.493 e. The van der Waals surface area contributed by atoms with Crippen LogP contribution in [0.1, 0.15) is 29.4 Å². The van der Waals surface area contributed by atoms with Crippen LogP contribution in [-0.2, 0) is 13.1 Å². The van der Waals surface area contributed by atoms with Gasteiger partial charge >= 0.3 is 0 Å². The van der Waals surface area contributed by atoms with Gasteiger partial charge in [0.15, 0.2) is 11.5 Å². The Hall–Kier alpha value is -2.50. The average Bonchev–Trinajstić information content (AvgIpc) is 3.01. The van der Waals surface area contributed by atoms with E-state index in [4.69, 9.17) is 9.47 Å². The molecular formula is C16H21N3O3. The zero-order valence-corrected chi connectivity index (χ0v) is 13.1. The van der Waals surface area contributed by atoms with Crippen LogP contribution in [-0.4, -0.2) is 29.9 Å². The third-order valence-electron chi connectivity index (χ3n) is 3.29. The van der Waals surface area contributed by atoms with Crippen molar-refractivity contribution in [3.63, 3.8) is 0 Å². The molecule has 0 spiro atoms. The first kappa shape index (κ1) is 15.9. The number of hydrogen-bond donors (Lipinski definition) is 1. The summed E-state index contributed by atoms with van der Waals surface area (Å²) in [6.07, 6.45) is 2.57. The molecular weight excluding hydrogens is 282 g/mol. The van der Waals surface area contributed by atoms with Gasteiger partial charge in [-0.1, -0.05) is 13.0 Å². The summed E-state index contributed by atoms with van der Waals surface area (Å²) in [6.45, 7) is 3.19. The maximum atomic E-state index is 12.2. The van der Waals surface area contributed by atoms with E-state index in [1.807, 2.05) is 25.1 Å². The van der Waals surface area contributed by atoms with Crippen molar-refractivity contribution in [3.05, 3.63) is 41.7 Å². The maximum absolute atomic E-state index is 12.2. The van der Waals surface area contributed by atoms with Gasteiger partial charge in [-0.25, -0.2) is 0 Å². The minimum Gasteiger partial charge on any atom is -0.493 e. The van der Waals surface area contributed by atoms with Gasteiger partial charge in [0, 0.05) is 19.3 Å². The van der Waals surface area contributed by atoms with Crippen LogP contribution in [0.5, 0.6) is 11.5 Å². The van der Waals surface area contributed by atoms with Crippen LogP contribution in [0.15, 0.2) is 30.5 Å². The third kappa shape index (κ3) is 3.58. The Balaban J connectivity index is 2.03. The number of ether oxygens (including phenoxy) is 2. The van der Waals surface area contributed by atoms with Crippen molar-refractivity contribution in [3.8, 4) is 11.5 Å². The molecule has 1 N–H and O–H groups in total. The normalized spacial score (nSPS) is 10.3. The molecule has 0 bridgehead atoms. The molecule has 1 amide bonds. The van der Waals surface area contributed by atoms with Gasteiger partial charge in [0.25, 0.3) is 5.91 Å². The summed E-state index contributed by atoms with van der Waals surface area (Å²) < 4.78 is 12.2. The van der Waals surface area contributed by atoms with Gasteiger partial charge in [-0.15, -0.1) is 0 Å². The highest BCUT2D eigenvalue weighted by atomic mass is 16.5. The van der Waals surface area contributed by atoms with E-state index in [1.165, 1.54) is 0 Å². The van der Waals surface area contributed by atoms with Crippen LogP contribution in [0.25, 0.3) is 0 Å². The van der Waals surface area contributed by atoms with Crippen molar-refractivity contribution in [2.24, 2.45) is 0 Å². The second-order valence-corrected chi connectivity index (χ2v) is 4.81. The quantitative estimate of drug-likeness (QED) is 0.852. The van der Waals surface area contributed by atoms with Crippen molar-refractivity contribution in [2.75, 3.05) is 14.2 Å². The van der Waals surface area contributed by atoms with E-state index in [2.05, 4.69) is 10.4 Å². The lowest BCUT2D eigenvalue weighted by Gasteiger charge is -2.11. The SMILES string of the molecule is CCCn1nccc1C(=O)NCc1ccc(OC)c(OC)c1. The number of amides is 1. The fourth-order valence-electron chi connectivity index (χ4n) is 2.18. The van der Waals surface area contributed by atoms with Crippen molar-refractivity contribution in [1.29, 1.82) is 0 Å². The number of hydrogen-bond acceptors (Lipinski definition) is 4. The molecule has 2 rings (SSSR count). The average molecular weight is 303 g/mol. The topological polar surface area (TPSA) is 65.4 Å². The summed E-state index contributed by atoms with van der Waals surface area (Å²) in [5.41, 5.74) is 1.51. The highest BCUT2D eigenvalue weighted by Crippen LogP contribution is 2.27. The molecule has 0 saturated carbocycles. The summed E-state index contributed by atoms with van der Waals surface area (Å²) in [4.78, 5) is 12.2. The molecule has 6 nitrogen and oxygen atoms in total. The Morgan fingerprint density at radius 3 is 2.68 bits per heavy atom. The molecule has 0 aliphatic rings. The number of nitrogens with zero attached hydrogens (tertiary/aromatic N) is 2. The van der Waals surface area contributed by atoms with E-state index in [0.717, 1.165) is 18.5 Å². The zero-order valence-electron chi connectivity index (χ0n) is 13.1. The lowest BCUT2D eigenvalue weighted by Crippen LogP contribution is -2.25. The van der Waals surface area contributed by atoms with Gasteiger partial charge in [-0.2, -0.15) is 5.10 Å². The molecule has 22 heavy (non-hydrogen) atoms. The molecule has 1 aromatic heterocycles. The summed E-state index contributed by atoms with van der Waals surface area (Å²) in [7, 11) is 3.18. The fourth-order valence-corrected chi connectivity index (χ4v) is 2.18. The van der Waals surface area contributed by atoms with E-state index < -0.39 is 0 Å². The van der Waals surface area contributed by atoms with Crippen LogP contribution < -0.4 is 14.8 Å². The predicted molar refractivity (Wildman–Crippen MR) is 83.2 cm³/mol. The number of nitrogens with one attached hydrogen (secondary N) is 1. The minimum absolute atomic E-state index is 0.138. The predicted octanol–water partition coefficient (Wildman–Crippen LogP) is 2.24. The zero-order chi connectivity index (χ0) is 15.9. The van der Waals surface area contributed by atoms with Gasteiger partial charge in [-0.3, -0.25) is 9.48 Å². The molecule has 118 valence electrons. The van der Waals surface area contributed by atoms with Gasteiger partial charge in [0.1, 0.15) is 5.69 Å². The molecule has 2 aromatic rings. The molecule has 1 aromatic carbocycles. The Labute approximate surface area is 130 Å². The van der Waals surface area contributed by atoms with Gasteiger partial charge in [0.2, 0.25) is 0 Å². The first-order valence-corrected chi connectivity index (χ1v) is 7.20. The van der Waals surface area contributed by atoms with E-state index in [9.17, 15) is 4.79 Å². The summed E-state index contributed by atoms with van der Waals surface area (Å²) in [6, 6.07) is 7.29. The molecule has 0 saturated heterocycles. The van der Waals surface area contributed by atoms with Gasteiger partial charge in [-0.05, 0) is 30.2 Å². The molecule has 0 aliphatic carbocycles. The number of rotatable bonds is 7. The van der Waals surface area contributed by atoms with E-state index >= 15 is 0 Å². The third-order valence-corrected chi connectivity index (χ3v) is 3.29. The Morgan fingerprint density at radius 1 is 1.23 bits per heavy atom. The van der Waals surface area contributed by atoms with Crippen molar-refractivity contribution in [2.45, 2.75) is 26.4 Å². The van der Waals surface area contributed by atoms with E-state index in [1.54, 1.807) is 31.2 Å². The van der Waals surface area contributed by atoms with E-state index in [-0.39, 0.29) is 5.91 Å². The Kier molecular flexibility index (Phi) is 5.41. The standard InChI is InChI=1S/C16H21N3O3/c1-4-9-19-13(7-8-18-19)16(20)17-11-12-5-6-14(21-2)15(10-12)22-3/h5-8,10H,4,9,11H2,1-3H3,(H,17,20). The molecule has 0 fully saturated rings. The molecule has 1 heterocycles.